The first-order chi connectivity index (χ1) is 9.75. The Morgan fingerprint density at radius 2 is 2.00 bits per heavy atom. The first-order valence-electron chi connectivity index (χ1n) is 6.96. The van der Waals surface area contributed by atoms with Gasteiger partial charge in [0.25, 0.3) is 0 Å². The molecule has 4 rings (SSSR count). The number of aryl methyl sites for hydroxylation is 2. The summed E-state index contributed by atoms with van der Waals surface area (Å²) in [6.07, 6.45) is 1.05. The van der Waals surface area contributed by atoms with Crippen LogP contribution in [0.3, 0.4) is 0 Å². The first kappa shape index (κ1) is 11.5. The van der Waals surface area contributed by atoms with E-state index in [1.807, 2.05) is 18.7 Å². The number of rotatable bonds is 1. The summed E-state index contributed by atoms with van der Waals surface area (Å²) in [6.45, 7) is 3.01. The van der Waals surface area contributed by atoms with Crippen LogP contribution in [0, 0.1) is 6.92 Å². The number of benzene rings is 1. The molecule has 0 fully saturated rings. The summed E-state index contributed by atoms with van der Waals surface area (Å²) in [4.78, 5) is 0. The zero-order chi connectivity index (χ0) is 13.7. The van der Waals surface area contributed by atoms with Crippen LogP contribution in [0.15, 0.2) is 30.3 Å². The molecule has 0 saturated carbocycles. The van der Waals surface area contributed by atoms with Crippen LogP contribution in [0.5, 0.6) is 0 Å². The van der Waals surface area contributed by atoms with Gasteiger partial charge < -0.3 is 5.32 Å². The number of anilines is 1. The maximum atomic E-state index is 4.79. The minimum atomic E-state index is 0.305. The normalized spacial score (nSPS) is 18.0. The third-order valence-corrected chi connectivity index (χ3v) is 4.05. The van der Waals surface area contributed by atoms with E-state index in [9.17, 15) is 0 Å². The lowest BCUT2D eigenvalue weighted by Gasteiger charge is -2.26. The minimum Gasteiger partial charge on any atom is -0.370 e. The molecule has 1 unspecified atom stereocenters. The van der Waals surface area contributed by atoms with E-state index in [2.05, 4.69) is 45.4 Å². The topological polar surface area (TPSA) is 47.7 Å². The fourth-order valence-corrected chi connectivity index (χ4v) is 3.13. The Hall–Kier alpha value is -2.30. The fourth-order valence-electron chi connectivity index (χ4n) is 3.13. The summed E-state index contributed by atoms with van der Waals surface area (Å²) in [5.74, 6) is 1.10. The predicted octanol–water partition coefficient (Wildman–Crippen LogP) is 2.48. The SMILES string of the molecule is Cc1nn(C)c2nn3c(c12)NCCC3c1ccccc1. The van der Waals surface area contributed by atoms with Crippen LogP contribution < -0.4 is 5.32 Å². The fraction of sp³-hybridized carbons (Fsp3) is 0.333. The molecule has 0 aliphatic carbocycles. The van der Waals surface area contributed by atoms with Crippen molar-refractivity contribution in [3.63, 3.8) is 0 Å². The van der Waals surface area contributed by atoms with Crippen LogP contribution in [0.1, 0.15) is 23.7 Å². The molecule has 5 nitrogen and oxygen atoms in total. The second-order valence-corrected chi connectivity index (χ2v) is 5.34. The maximum absolute atomic E-state index is 4.79. The minimum absolute atomic E-state index is 0.305. The molecular formula is C15H17N5. The van der Waals surface area contributed by atoms with E-state index >= 15 is 0 Å². The molecule has 0 radical (unpaired) electrons. The van der Waals surface area contributed by atoms with Crippen LogP contribution in [0.2, 0.25) is 0 Å². The Bertz CT molecular complexity index is 769. The van der Waals surface area contributed by atoms with Crippen molar-refractivity contribution in [2.45, 2.75) is 19.4 Å². The monoisotopic (exact) mass is 267 g/mol. The van der Waals surface area contributed by atoms with Crippen LogP contribution in [-0.2, 0) is 7.05 Å². The van der Waals surface area contributed by atoms with Gasteiger partial charge in [-0.2, -0.15) is 10.2 Å². The van der Waals surface area contributed by atoms with Crippen LogP contribution in [-0.4, -0.2) is 26.1 Å². The molecule has 0 saturated heterocycles. The maximum Gasteiger partial charge on any atom is 0.182 e. The molecular weight excluding hydrogens is 250 g/mol. The Morgan fingerprint density at radius 1 is 1.20 bits per heavy atom. The number of hydrogen-bond acceptors (Lipinski definition) is 3. The van der Waals surface area contributed by atoms with Crippen molar-refractivity contribution in [1.82, 2.24) is 19.6 Å². The molecule has 0 spiro atoms. The molecule has 1 aliphatic rings. The number of nitrogens with one attached hydrogen (secondary N) is 1. The number of hydrogen-bond donors (Lipinski definition) is 1. The average Bonchev–Trinajstić information content (AvgIpc) is 2.99. The largest absolute Gasteiger partial charge is 0.370 e. The first-order valence-corrected chi connectivity index (χ1v) is 6.96. The van der Waals surface area contributed by atoms with Crippen molar-refractivity contribution < 1.29 is 0 Å². The van der Waals surface area contributed by atoms with Gasteiger partial charge in [0.15, 0.2) is 5.65 Å². The van der Waals surface area contributed by atoms with E-state index < -0.39 is 0 Å². The van der Waals surface area contributed by atoms with Gasteiger partial charge in [-0.1, -0.05) is 30.3 Å². The van der Waals surface area contributed by atoms with Gasteiger partial charge in [-0.25, -0.2) is 9.36 Å². The summed E-state index contributed by atoms with van der Waals surface area (Å²) in [7, 11) is 1.95. The summed E-state index contributed by atoms with van der Waals surface area (Å²) in [6, 6.07) is 10.9. The van der Waals surface area contributed by atoms with E-state index in [4.69, 9.17) is 5.10 Å². The van der Waals surface area contributed by atoms with Crippen LogP contribution in [0.4, 0.5) is 5.82 Å². The molecule has 1 aromatic carbocycles. The molecule has 3 aromatic rings. The highest BCUT2D eigenvalue weighted by molar-refractivity contribution is 5.90. The highest BCUT2D eigenvalue weighted by atomic mass is 15.4. The molecule has 3 heterocycles. The van der Waals surface area contributed by atoms with Crippen molar-refractivity contribution in [2.24, 2.45) is 7.05 Å². The molecule has 2 aromatic heterocycles. The lowest BCUT2D eigenvalue weighted by Crippen LogP contribution is -2.24. The zero-order valence-corrected chi connectivity index (χ0v) is 11.7. The van der Waals surface area contributed by atoms with Crippen molar-refractivity contribution in [2.75, 3.05) is 11.9 Å². The lowest BCUT2D eigenvalue weighted by molar-refractivity contribution is 0.482. The molecule has 1 N–H and O–H groups in total. The molecule has 1 aliphatic heterocycles. The van der Waals surface area contributed by atoms with Crippen molar-refractivity contribution in [3.05, 3.63) is 41.6 Å². The van der Waals surface area contributed by atoms with Gasteiger partial charge in [0.2, 0.25) is 0 Å². The van der Waals surface area contributed by atoms with Gasteiger partial charge in [-0.3, -0.25) is 0 Å². The van der Waals surface area contributed by atoms with E-state index in [0.29, 0.717) is 6.04 Å². The van der Waals surface area contributed by atoms with Crippen molar-refractivity contribution in [3.8, 4) is 0 Å². The van der Waals surface area contributed by atoms with E-state index in [-0.39, 0.29) is 0 Å². The van der Waals surface area contributed by atoms with Crippen LogP contribution in [0.25, 0.3) is 11.0 Å². The molecule has 102 valence electrons. The van der Waals surface area contributed by atoms with Gasteiger partial charge in [0.05, 0.1) is 17.1 Å². The number of fused-ring (bicyclic) bond motifs is 3. The molecule has 20 heavy (non-hydrogen) atoms. The zero-order valence-electron chi connectivity index (χ0n) is 11.7. The quantitative estimate of drug-likeness (QED) is 0.737. The molecule has 5 heteroatoms. The van der Waals surface area contributed by atoms with E-state index in [1.165, 1.54) is 5.56 Å². The Balaban J connectivity index is 1.94. The number of aromatic nitrogens is 4. The third-order valence-electron chi connectivity index (χ3n) is 4.05. The van der Waals surface area contributed by atoms with Gasteiger partial charge in [-0.15, -0.1) is 0 Å². The highest BCUT2D eigenvalue weighted by Crippen LogP contribution is 2.35. The van der Waals surface area contributed by atoms with Gasteiger partial charge >= 0.3 is 0 Å². The van der Waals surface area contributed by atoms with Crippen molar-refractivity contribution >= 4 is 16.9 Å². The number of nitrogens with zero attached hydrogens (tertiary/aromatic N) is 4. The second kappa shape index (κ2) is 4.10. The lowest BCUT2D eigenvalue weighted by atomic mass is 10.0. The summed E-state index contributed by atoms with van der Waals surface area (Å²) >= 11 is 0. The average molecular weight is 267 g/mol. The third kappa shape index (κ3) is 1.49. The van der Waals surface area contributed by atoms with E-state index in [1.54, 1.807) is 0 Å². The Morgan fingerprint density at radius 3 is 2.80 bits per heavy atom. The molecule has 0 amide bonds. The summed E-state index contributed by atoms with van der Waals surface area (Å²) in [5.41, 5.74) is 3.30. The second-order valence-electron chi connectivity index (χ2n) is 5.34. The Labute approximate surface area is 117 Å². The van der Waals surface area contributed by atoms with Gasteiger partial charge in [0, 0.05) is 13.6 Å². The summed E-state index contributed by atoms with van der Waals surface area (Å²) < 4.78 is 3.98. The van der Waals surface area contributed by atoms with Crippen molar-refractivity contribution in [1.29, 1.82) is 0 Å². The standard InChI is InChI=1S/C15H17N5/c1-10-13-14-16-9-8-12(11-6-4-3-5-7-11)20(14)18-15(13)19(2)17-10/h3-7,12,16H,8-9H2,1-2H3. The van der Waals surface area contributed by atoms with Crippen LogP contribution >= 0.6 is 0 Å². The Kier molecular flexibility index (Phi) is 2.36. The smallest absolute Gasteiger partial charge is 0.182 e. The summed E-state index contributed by atoms with van der Waals surface area (Å²) in [5, 5.41) is 13.9. The highest BCUT2D eigenvalue weighted by Gasteiger charge is 2.27. The van der Waals surface area contributed by atoms with E-state index in [0.717, 1.165) is 35.5 Å². The predicted molar refractivity (Wildman–Crippen MR) is 78.9 cm³/mol. The van der Waals surface area contributed by atoms with Gasteiger partial charge in [0.1, 0.15) is 5.82 Å². The van der Waals surface area contributed by atoms with Gasteiger partial charge in [-0.05, 0) is 18.9 Å². The molecule has 0 bridgehead atoms. The molecule has 1 atom stereocenters.